The number of carbonyl (C=O) groups excluding carboxylic acids is 1. The molecule has 0 saturated carbocycles. The summed E-state index contributed by atoms with van der Waals surface area (Å²) in [7, 11) is 0. The van der Waals surface area contributed by atoms with Crippen molar-refractivity contribution in [2.75, 3.05) is 0 Å². The van der Waals surface area contributed by atoms with Crippen LogP contribution in [-0.4, -0.2) is 5.97 Å². The predicted molar refractivity (Wildman–Crippen MR) is 71.8 cm³/mol. The molecule has 0 aliphatic rings. The van der Waals surface area contributed by atoms with Gasteiger partial charge in [0.2, 0.25) is 0 Å². The maximum absolute atomic E-state index is 11.7. The molecule has 3 heteroatoms. The van der Waals surface area contributed by atoms with Crippen molar-refractivity contribution in [1.82, 2.24) is 0 Å². The third-order valence-electron chi connectivity index (χ3n) is 2.57. The van der Waals surface area contributed by atoms with Gasteiger partial charge in [-0.25, -0.2) is 4.79 Å². The van der Waals surface area contributed by atoms with Crippen molar-refractivity contribution < 1.29 is 9.53 Å². The van der Waals surface area contributed by atoms with E-state index in [2.05, 4.69) is 0 Å². The monoisotopic (exact) mass is 260 g/mol. The van der Waals surface area contributed by atoms with Crippen molar-refractivity contribution in [1.29, 1.82) is 0 Å². The Bertz CT molecular complexity index is 529. The van der Waals surface area contributed by atoms with E-state index in [0.29, 0.717) is 10.6 Å². The lowest BCUT2D eigenvalue weighted by Gasteiger charge is -2.05. The lowest BCUT2D eigenvalue weighted by Crippen LogP contribution is -2.05. The Morgan fingerprint density at radius 1 is 1.06 bits per heavy atom. The zero-order valence-electron chi connectivity index (χ0n) is 10.0. The Morgan fingerprint density at radius 2 is 1.67 bits per heavy atom. The third-order valence-corrected chi connectivity index (χ3v) is 2.82. The van der Waals surface area contributed by atoms with E-state index in [1.54, 1.807) is 24.3 Å². The molecule has 2 aromatic rings. The largest absolute Gasteiger partial charge is 0.457 e. The van der Waals surface area contributed by atoms with E-state index in [0.717, 1.165) is 11.1 Å². The van der Waals surface area contributed by atoms with Gasteiger partial charge in [-0.1, -0.05) is 41.4 Å². The van der Waals surface area contributed by atoms with Crippen molar-refractivity contribution in [3.63, 3.8) is 0 Å². The van der Waals surface area contributed by atoms with Gasteiger partial charge in [-0.15, -0.1) is 0 Å². The third kappa shape index (κ3) is 3.34. The topological polar surface area (TPSA) is 26.3 Å². The molecule has 0 spiro atoms. The molecule has 2 nitrogen and oxygen atoms in total. The lowest BCUT2D eigenvalue weighted by molar-refractivity contribution is 0.0473. The Morgan fingerprint density at radius 3 is 2.28 bits per heavy atom. The zero-order valence-corrected chi connectivity index (χ0v) is 10.8. The van der Waals surface area contributed by atoms with E-state index >= 15 is 0 Å². The number of rotatable bonds is 3. The fourth-order valence-corrected chi connectivity index (χ4v) is 1.63. The van der Waals surface area contributed by atoms with Crippen LogP contribution in [0.3, 0.4) is 0 Å². The normalized spacial score (nSPS) is 10.1. The van der Waals surface area contributed by atoms with E-state index in [1.807, 2.05) is 31.2 Å². The fourth-order valence-electron chi connectivity index (χ4n) is 1.50. The van der Waals surface area contributed by atoms with Crippen LogP contribution in [0.5, 0.6) is 0 Å². The van der Waals surface area contributed by atoms with Gasteiger partial charge in [-0.3, -0.25) is 0 Å². The molecule has 0 aliphatic heterocycles. The zero-order chi connectivity index (χ0) is 13.0. The molecular weight excluding hydrogens is 248 g/mol. The summed E-state index contributed by atoms with van der Waals surface area (Å²) in [4.78, 5) is 11.7. The molecule has 0 unspecified atom stereocenters. The number of esters is 1. The lowest BCUT2D eigenvalue weighted by atomic mass is 10.1. The van der Waals surface area contributed by atoms with Gasteiger partial charge in [0.1, 0.15) is 6.61 Å². The first-order valence-electron chi connectivity index (χ1n) is 5.63. The van der Waals surface area contributed by atoms with E-state index in [9.17, 15) is 4.79 Å². The van der Waals surface area contributed by atoms with E-state index in [1.165, 1.54) is 0 Å². The van der Waals surface area contributed by atoms with Gasteiger partial charge in [0.15, 0.2) is 0 Å². The van der Waals surface area contributed by atoms with E-state index in [4.69, 9.17) is 16.3 Å². The highest BCUT2D eigenvalue weighted by Crippen LogP contribution is 2.11. The molecule has 0 fully saturated rings. The van der Waals surface area contributed by atoms with Gasteiger partial charge in [0.05, 0.1) is 5.56 Å². The number of benzene rings is 2. The van der Waals surface area contributed by atoms with Crippen LogP contribution in [0.4, 0.5) is 0 Å². The molecule has 0 aromatic heterocycles. The maximum Gasteiger partial charge on any atom is 0.338 e. The summed E-state index contributed by atoms with van der Waals surface area (Å²) < 4.78 is 5.21. The minimum atomic E-state index is -0.315. The Labute approximate surface area is 111 Å². The minimum absolute atomic E-state index is 0.254. The highest BCUT2D eigenvalue weighted by atomic mass is 35.5. The summed E-state index contributed by atoms with van der Waals surface area (Å²) >= 11 is 5.78. The molecule has 0 amide bonds. The van der Waals surface area contributed by atoms with Crippen molar-refractivity contribution in [2.24, 2.45) is 0 Å². The van der Waals surface area contributed by atoms with Crippen molar-refractivity contribution in [3.8, 4) is 0 Å². The van der Waals surface area contributed by atoms with Crippen LogP contribution in [0.15, 0.2) is 48.5 Å². The molecule has 0 aliphatic carbocycles. The van der Waals surface area contributed by atoms with Crippen LogP contribution in [0.2, 0.25) is 5.02 Å². The Balaban J connectivity index is 1.96. The first-order valence-corrected chi connectivity index (χ1v) is 6.01. The summed E-state index contributed by atoms with van der Waals surface area (Å²) in [5.74, 6) is -0.315. The van der Waals surface area contributed by atoms with Gasteiger partial charge in [-0.2, -0.15) is 0 Å². The molecule has 18 heavy (non-hydrogen) atoms. The Kier molecular flexibility index (Phi) is 4.00. The summed E-state index contributed by atoms with van der Waals surface area (Å²) in [6.07, 6.45) is 0. The number of halogens is 1. The highest BCUT2D eigenvalue weighted by Gasteiger charge is 2.06. The number of ether oxygens (including phenoxy) is 1. The summed E-state index contributed by atoms with van der Waals surface area (Å²) in [5, 5.41) is 0.670. The first kappa shape index (κ1) is 12.7. The predicted octanol–water partition coefficient (Wildman–Crippen LogP) is 4.01. The number of carbonyl (C=O) groups is 1. The van der Waals surface area contributed by atoms with E-state index < -0.39 is 0 Å². The molecule has 0 atom stereocenters. The maximum atomic E-state index is 11.7. The van der Waals surface area contributed by atoms with Gasteiger partial charge in [0, 0.05) is 5.02 Å². The van der Waals surface area contributed by atoms with Gasteiger partial charge < -0.3 is 4.74 Å². The number of hydrogen-bond donors (Lipinski definition) is 0. The van der Waals surface area contributed by atoms with Crippen LogP contribution in [-0.2, 0) is 11.3 Å². The molecule has 0 radical (unpaired) electrons. The standard InChI is InChI=1S/C15H13ClO2/c1-11-2-6-13(7-3-11)15(17)18-10-12-4-8-14(16)9-5-12/h2-9H,10H2,1H3. The fraction of sp³-hybridized carbons (Fsp3) is 0.133. The molecule has 92 valence electrons. The van der Waals surface area contributed by atoms with Crippen LogP contribution in [0.1, 0.15) is 21.5 Å². The van der Waals surface area contributed by atoms with Crippen molar-refractivity contribution >= 4 is 17.6 Å². The smallest absolute Gasteiger partial charge is 0.338 e. The first-order chi connectivity index (χ1) is 8.65. The molecule has 0 saturated heterocycles. The number of hydrogen-bond acceptors (Lipinski definition) is 2. The molecule has 0 N–H and O–H groups in total. The minimum Gasteiger partial charge on any atom is -0.457 e. The molecule has 0 bridgehead atoms. The molecule has 0 heterocycles. The van der Waals surface area contributed by atoms with Crippen LogP contribution >= 0.6 is 11.6 Å². The average Bonchev–Trinajstić information content (AvgIpc) is 2.38. The number of aryl methyl sites for hydroxylation is 1. The quantitative estimate of drug-likeness (QED) is 0.780. The molecule has 2 aromatic carbocycles. The van der Waals surface area contributed by atoms with Crippen LogP contribution in [0.25, 0.3) is 0 Å². The van der Waals surface area contributed by atoms with Gasteiger partial charge >= 0.3 is 5.97 Å². The van der Waals surface area contributed by atoms with Crippen molar-refractivity contribution in [3.05, 3.63) is 70.2 Å². The SMILES string of the molecule is Cc1ccc(C(=O)OCc2ccc(Cl)cc2)cc1. The summed E-state index contributed by atoms with van der Waals surface area (Å²) in [6, 6.07) is 14.5. The average molecular weight is 261 g/mol. The Hall–Kier alpha value is -1.80. The van der Waals surface area contributed by atoms with Crippen LogP contribution < -0.4 is 0 Å². The molecule has 2 rings (SSSR count). The second-order valence-corrected chi connectivity index (χ2v) is 4.51. The van der Waals surface area contributed by atoms with Crippen molar-refractivity contribution in [2.45, 2.75) is 13.5 Å². The van der Waals surface area contributed by atoms with Gasteiger partial charge in [0.25, 0.3) is 0 Å². The van der Waals surface area contributed by atoms with E-state index in [-0.39, 0.29) is 12.6 Å². The summed E-state index contributed by atoms with van der Waals surface area (Å²) in [5.41, 5.74) is 2.60. The summed E-state index contributed by atoms with van der Waals surface area (Å²) in [6.45, 7) is 2.23. The second-order valence-electron chi connectivity index (χ2n) is 4.07. The molecular formula is C15H13ClO2. The second kappa shape index (κ2) is 5.69. The highest BCUT2D eigenvalue weighted by molar-refractivity contribution is 6.30. The van der Waals surface area contributed by atoms with Crippen LogP contribution in [0, 0.1) is 6.92 Å². The van der Waals surface area contributed by atoms with Gasteiger partial charge in [-0.05, 0) is 36.8 Å².